The zero-order valence-electron chi connectivity index (χ0n) is 39.6. The van der Waals surface area contributed by atoms with Crippen molar-refractivity contribution in [3.05, 3.63) is 138 Å². The maximum Gasteiger partial charge on any atom is 0.120 e. The largest absolute Gasteiger partial charge is 0.501 e. The molecule has 0 unspecified atom stereocenters. The quantitative estimate of drug-likeness (QED) is 0.118. The SMILES string of the molecule is [2H]C([2H])([2H])c1c[c-]c(-c2ccc(C(C)(C)C)cn2)cc1.[2H]C([2H])([2H])c1cnc(-c2[c-]ccc3c2oc2ccccc23)cc1-c1ccc([Si](CC)(CC)CC)cc1C([2H])([2H])[2H].[Ir]. The van der Waals surface area contributed by atoms with Gasteiger partial charge in [-0.05, 0) is 64.4 Å². The van der Waals surface area contributed by atoms with Crippen molar-refractivity contribution in [3.63, 3.8) is 0 Å². The maximum absolute atomic E-state index is 8.42. The normalized spacial score (nSPS) is 14.9. The number of hydrogen-bond acceptors (Lipinski definition) is 3. The van der Waals surface area contributed by atoms with Gasteiger partial charge in [0, 0.05) is 50.2 Å². The van der Waals surface area contributed by atoms with Gasteiger partial charge in [-0.15, -0.1) is 53.6 Å². The standard InChI is InChI=1S/C31H32NOSi.C16H18N.Ir/c1-6-34(7-2,8-3)23-16-17-24(21(4)18-23)28-19-29(32-20-22(28)5)27-14-11-13-26-25-12-9-10-15-30(25)33-31(26)27;1-12-5-7-13(8-6-12)15-10-9-14(11-17-15)16(2,3)4;/h9-13,15-20H,6-8H2,1-5H3;5-7,9-11H,1-4H3;/q2*-1;/i4D3,5D3;1D3;. The van der Waals surface area contributed by atoms with Crippen molar-refractivity contribution in [1.29, 1.82) is 0 Å². The Hall–Kier alpha value is -4.15. The first kappa shape index (κ1) is 28.4. The molecular formula is C47H50IrN2OSi-2. The number of aromatic nitrogens is 2. The van der Waals surface area contributed by atoms with E-state index in [0.29, 0.717) is 33.5 Å². The molecule has 3 nitrogen and oxygen atoms in total. The number of rotatable bonds is 7. The van der Waals surface area contributed by atoms with Crippen LogP contribution in [-0.4, -0.2) is 18.0 Å². The van der Waals surface area contributed by atoms with E-state index in [9.17, 15) is 0 Å². The predicted molar refractivity (Wildman–Crippen MR) is 219 cm³/mol. The zero-order valence-corrected chi connectivity index (χ0v) is 34.0. The molecular weight excluding hydrogens is 829 g/mol. The van der Waals surface area contributed by atoms with E-state index >= 15 is 0 Å². The molecule has 0 aliphatic carbocycles. The predicted octanol–water partition coefficient (Wildman–Crippen LogP) is 12.6. The average molecular weight is 888 g/mol. The van der Waals surface area contributed by atoms with Crippen molar-refractivity contribution < 1.29 is 36.9 Å². The fraction of sp³-hybridized carbons (Fsp3) is 0.277. The van der Waals surface area contributed by atoms with Gasteiger partial charge in [0.05, 0.1) is 13.7 Å². The van der Waals surface area contributed by atoms with E-state index in [0.717, 1.165) is 50.9 Å². The number of aryl methyl sites for hydroxylation is 3. The van der Waals surface area contributed by atoms with Crippen LogP contribution in [0.25, 0.3) is 55.6 Å². The van der Waals surface area contributed by atoms with E-state index in [1.54, 1.807) is 30.3 Å². The van der Waals surface area contributed by atoms with Crippen LogP contribution >= 0.6 is 0 Å². The summed E-state index contributed by atoms with van der Waals surface area (Å²) in [5, 5.41) is 2.96. The van der Waals surface area contributed by atoms with Crippen LogP contribution in [0.2, 0.25) is 18.1 Å². The Balaban J connectivity index is 0.000000282. The summed E-state index contributed by atoms with van der Waals surface area (Å²) in [6.45, 7) is 5.95. The van der Waals surface area contributed by atoms with E-state index in [2.05, 4.69) is 63.6 Å². The first-order valence-corrected chi connectivity index (χ1v) is 20.2. The second-order valence-electron chi connectivity index (χ2n) is 14.1. The molecule has 3 heterocycles. The van der Waals surface area contributed by atoms with Gasteiger partial charge in [-0.2, -0.15) is 0 Å². The number of benzene rings is 4. The molecule has 52 heavy (non-hydrogen) atoms. The summed E-state index contributed by atoms with van der Waals surface area (Å²) in [6, 6.07) is 36.9. The number of nitrogens with zero attached hydrogens (tertiary/aromatic N) is 2. The van der Waals surface area contributed by atoms with Gasteiger partial charge in [-0.1, -0.05) is 137 Å². The Labute approximate surface area is 338 Å². The molecule has 269 valence electrons. The second kappa shape index (κ2) is 16.2. The van der Waals surface area contributed by atoms with E-state index in [4.69, 9.17) is 16.8 Å². The molecule has 7 aromatic rings. The Morgan fingerprint density at radius 3 is 2.15 bits per heavy atom. The molecule has 0 aliphatic rings. The third kappa shape index (κ3) is 7.93. The Bertz CT molecular complexity index is 2540. The van der Waals surface area contributed by atoms with Crippen molar-refractivity contribution in [2.45, 2.75) is 85.6 Å². The van der Waals surface area contributed by atoms with Crippen molar-refractivity contribution in [2.75, 3.05) is 0 Å². The molecule has 0 atom stereocenters. The van der Waals surface area contributed by atoms with Gasteiger partial charge in [-0.3, -0.25) is 0 Å². The molecule has 0 saturated heterocycles. The first-order chi connectivity index (χ1) is 28.1. The Morgan fingerprint density at radius 1 is 0.731 bits per heavy atom. The summed E-state index contributed by atoms with van der Waals surface area (Å²) in [4.78, 5) is 8.96. The number of para-hydroxylation sites is 1. The Kier molecular flexibility index (Phi) is 8.86. The molecule has 0 saturated carbocycles. The average Bonchev–Trinajstić information content (AvgIpc) is 3.60. The van der Waals surface area contributed by atoms with E-state index in [-0.39, 0.29) is 36.6 Å². The summed E-state index contributed by atoms with van der Waals surface area (Å²) in [6.07, 6.45) is 3.20. The fourth-order valence-corrected chi connectivity index (χ4v) is 10.4. The fourth-order valence-electron chi connectivity index (χ4n) is 6.75. The summed E-state index contributed by atoms with van der Waals surface area (Å²) in [5.74, 6) is 0. The van der Waals surface area contributed by atoms with Gasteiger partial charge >= 0.3 is 0 Å². The van der Waals surface area contributed by atoms with Crippen LogP contribution in [0.1, 0.15) is 76.1 Å². The van der Waals surface area contributed by atoms with Gasteiger partial charge in [0.25, 0.3) is 0 Å². The van der Waals surface area contributed by atoms with Gasteiger partial charge in [0.15, 0.2) is 0 Å². The molecule has 7 rings (SSSR count). The van der Waals surface area contributed by atoms with Gasteiger partial charge < -0.3 is 14.4 Å². The van der Waals surface area contributed by atoms with Crippen LogP contribution < -0.4 is 5.19 Å². The van der Waals surface area contributed by atoms with Crippen LogP contribution in [0, 0.1) is 32.7 Å². The number of furan rings is 1. The van der Waals surface area contributed by atoms with Gasteiger partial charge in [-0.25, -0.2) is 0 Å². The maximum atomic E-state index is 8.42. The zero-order chi connectivity index (χ0) is 43.8. The Morgan fingerprint density at radius 2 is 1.50 bits per heavy atom. The van der Waals surface area contributed by atoms with Crippen molar-refractivity contribution in [2.24, 2.45) is 0 Å². The minimum absolute atomic E-state index is 0. The smallest absolute Gasteiger partial charge is 0.120 e. The van der Waals surface area contributed by atoms with Crippen LogP contribution in [-0.2, 0) is 25.5 Å². The van der Waals surface area contributed by atoms with Crippen molar-refractivity contribution in [1.82, 2.24) is 9.97 Å². The number of pyridine rings is 2. The molecule has 0 fully saturated rings. The molecule has 0 amide bonds. The molecule has 0 N–H and O–H groups in total. The third-order valence-corrected chi connectivity index (χ3v) is 15.8. The summed E-state index contributed by atoms with van der Waals surface area (Å²) >= 11 is 0. The van der Waals surface area contributed by atoms with Crippen LogP contribution in [0.3, 0.4) is 0 Å². The molecule has 5 heteroatoms. The van der Waals surface area contributed by atoms with Gasteiger partial charge in [0.1, 0.15) is 5.58 Å². The summed E-state index contributed by atoms with van der Waals surface area (Å²) in [7, 11) is -1.88. The summed E-state index contributed by atoms with van der Waals surface area (Å²) in [5.41, 5.74) is 6.43. The molecule has 3 aromatic heterocycles. The van der Waals surface area contributed by atoms with Gasteiger partial charge in [0.2, 0.25) is 0 Å². The summed E-state index contributed by atoms with van der Waals surface area (Å²) < 4.78 is 78.2. The van der Waals surface area contributed by atoms with E-state index in [1.165, 1.54) is 17.8 Å². The number of hydrogen-bond donors (Lipinski definition) is 0. The minimum Gasteiger partial charge on any atom is -0.501 e. The molecule has 1 radical (unpaired) electrons. The van der Waals surface area contributed by atoms with E-state index in [1.807, 2.05) is 60.8 Å². The monoisotopic (exact) mass is 888 g/mol. The topological polar surface area (TPSA) is 38.9 Å². The van der Waals surface area contributed by atoms with Crippen LogP contribution in [0.4, 0.5) is 0 Å². The van der Waals surface area contributed by atoms with Crippen molar-refractivity contribution >= 4 is 35.2 Å². The first-order valence-electron chi connectivity index (χ1n) is 22.1. The van der Waals surface area contributed by atoms with Crippen LogP contribution in [0.15, 0.2) is 108 Å². The van der Waals surface area contributed by atoms with Crippen LogP contribution in [0.5, 0.6) is 0 Å². The van der Waals surface area contributed by atoms with Crippen molar-refractivity contribution in [3.8, 4) is 33.6 Å². The molecule has 4 aromatic carbocycles. The third-order valence-electron chi connectivity index (χ3n) is 10.2. The second-order valence-corrected chi connectivity index (χ2v) is 19.3. The molecule has 0 spiro atoms. The van der Waals surface area contributed by atoms with E-state index < -0.39 is 28.6 Å². The number of fused-ring (bicyclic) bond motifs is 3. The molecule has 0 aliphatic heterocycles. The molecule has 0 bridgehead atoms. The minimum atomic E-state index is -2.49.